The van der Waals surface area contributed by atoms with Crippen molar-refractivity contribution in [2.24, 2.45) is 0 Å². The molecule has 0 amide bonds. The van der Waals surface area contributed by atoms with E-state index in [2.05, 4.69) is 5.32 Å². The van der Waals surface area contributed by atoms with Gasteiger partial charge in [0.1, 0.15) is 5.76 Å². The molecular formula is C11H15F2NO. The molecule has 1 fully saturated rings. The summed E-state index contributed by atoms with van der Waals surface area (Å²) in [7, 11) is 0. The van der Waals surface area contributed by atoms with Gasteiger partial charge in [0.2, 0.25) is 0 Å². The molecule has 1 aromatic rings. The Kier molecular flexibility index (Phi) is 2.78. The average molecular weight is 215 g/mol. The van der Waals surface area contributed by atoms with E-state index in [1.54, 1.807) is 13.0 Å². The van der Waals surface area contributed by atoms with Crippen LogP contribution in [0.1, 0.15) is 30.8 Å². The zero-order chi connectivity index (χ0) is 10.9. The second-order valence-electron chi connectivity index (χ2n) is 4.04. The number of rotatable bonds is 2. The van der Waals surface area contributed by atoms with Crippen LogP contribution in [-0.2, 0) is 5.92 Å². The maximum absolute atomic E-state index is 13.9. The van der Waals surface area contributed by atoms with Gasteiger partial charge in [0.25, 0.3) is 0 Å². The molecule has 0 saturated carbocycles. The molecular weight excluding hydrogens is 200 g/mol. The Hall–Kier alpha value is -0.900. The fraction of sp³-hybridized carbons (Fsp3) is 0.636. The summed E-state index contributed by atoms with van der Waals surface area (Å²) in [6.45, 7) is 2.34. The molecule has 15 heavy (non-hydrogen) atoms. The van der Waals surface area contributed by atoms with Crippen LogP contribution in [0.15, 0.2) is 16.5 Å². The molecule has 2 rings (SSSR count). The number of hydrogen-bond acceptors (Lipinski definition) is 2. The molecule has 0 aromatic carbocycles. The Morgan fingerprint density at radius 2 is 2.20 bits per heavy atom. The van der Waals surface area contributed by atoms with Gasteiger partial charge >= 0.3 is 5.92 Å². The van der Waals surface area contributed by atoms with E-state index in [-0.39, 0.29) is 5.76 Å². The lowest BCUT2D eigenvalue weighted by Gasteiger charge is -2.29. The Bertz CT molecular complexity index is 329. The summed E-state index contributed by atoms with van der Waals surface area (Å²) in [5.74, 6) is -2.59. The molecule has 2 nitrogen and oxygen atoms in total. The van der Waals surface area contributed by atoms with E-state index in [4.69, 9.17) is 4.42 Å². The maximum atomic E-state index is 13.9. The largest absolute Gasteiger partial charge is 0.460 e. The molecule has 1 unspecified atom stereocenters. The van der Waals surface area contributed by atoms with E-state index in [0.29, 0.717) is 18.7 Å². The van der Waals surface area contributed by atoms with Gasteiger partial charge < -0.3 is 9.73 Å². The first-order valence-corrected chi connectivity index (χ1v) is 5.29. The van der Waals surface area contributed by atoms with Crippen LogP contribution >= 0.6 is 0 Å². The summed E-state index contributed by atoms with van der Waals surface area (Å²) in [5, 5.41) is 2.86. The molecule has 1 aromatic heterocycles. The van der Waals surface area contributed by atoms with Gasteiger partial charge in [-0.3, -0.25) is 0 Å². The lowest BCUT2D eigenvalue weighted by Crippen LogP contribution is -2.45. The van der Waals surface area contributed by atoms with E-state index in [9.17, 15) is 8.78 Å². The van der Waals surface area contributed by atoms with Gasteiger partial charge in [0.15, 0.2) is 5.76 Å². The van der Waals surface area contributed by atoms with Crippen molar-refractivity contribution in [3.8, 4) is 0 Å². The zero-order valence-electron chi connectivity index (χ0n) is 8.72. The van der Waals surface area contributed by atoms with Crippen molar-refractivity contribution in [1.29, 1.82) is 0 Å². The number of hydrogen-bond donors (Lipinski definition) is 1. The summed E-state index contributed by atoms with van der Waals surface area (Å²) in [6, 6.07) is 2.16. The fourth-order valence-electron chi connectivity index (χ4n) is 1.95. The van der Waals surface area contributed by atoms with Crippen LogP contribution in [0.5, 0.6) is 0 Å². The Morgan fingerprint density at radius 3 is 2.73 bits per heavy atom. The summed E-state index contributed by atoms with van der Waals surface area (Å²) < 4.78 is 32.8. The predicted molar refractivity (Wildman–Crippen MR) is 53.0 cm³/mol. The second kappa shape index (κ2) is 3.93. The molecule has 0 aliphatic carbocycles. The number of halogens is 2. The Morgan fingerprint density at radius 1 is 1.40 bits per heavy atom. The lowest BCUT2D eigenvalue weighted by molar-refractivity contribution is -0.0694. The van der Waals surface area contributed by atoms with Gasteiger partial charge in [-0.15, -0.1) is 0 Å². The van der Waals surface area contributed by atoms with Gasteiger partial charge in [-0.2, -0.15) is 8.78 Å². The van der Waals surface area contributed by atoms with Crippen LogP contribution in [0.25, 0.3) is 0 Å². The summed E-state index contributed by atoms with van der Waals surface area (Å²) in [6.07, 6.45) is 2.34. The van der Waals surface area contributed by atoms with E-state index in [1.165, 1.54) is 6.07 Å². The van der Waals surface area contributed by atoms with Crippen molar-refractivity contribution in [3.05, 3.63) is 23.7 Å². The minimum Gasteiger partial charge on any atom is -0.460 e. The third kappa shape index (κ3) is 2.04. The average Bonchev–Trinajstić information content (AvgIpc) is 2.67. The van der Waals surface area contributed by atoms with E-state index >= 15 is 0 Å². The van der Waals surface area contributed by atoms with Crippen LogP contribution in [0.3, 0.4) is 0 Å². The van der Waals surface area contributed by atoms with Crippen LogP contribution < -0.4 is 5.32 Å². The third-order valence-electron chi connectivity index (χ3n) is 2.82. The molecule has 1 aliphatic rings. The minimum atomic E-state index is -2.89. The van der Waals surface area contributed by atoms with Crippen molar-refractivity contribution < 1.29 is 13.2 Å². The van der Waals surface area contributed by atoms with Crippen LogP contribution in [0, 0.1) is 6.92 Å². The highest BCUT2D eigenvalue weighted by atomic mass is 19.3. The van der Waals surface area contributed by atoms with E-state index in [1.807, 2.05) is 0 Å². The van der Waals surface area contributed by atoms with Crippen molar-refractivity contribution in [2.45, 2.75) is 38.2 Å². The molecule has 1 N–H and O–H groups in total. The highest BCUT2D eigenvalue weighted by molar-refractivity contribution is 5.13. The normalized spacial score (nSPS) is 23.0. The number of piperidine rings is 1. The number of furan rings is 1. The summed E-state index contributed by atoms with van der Waals surface area (Å²) in [4.78, 5) is 0. The predicted octanol–water partition coefficient (Wildman–Crippen LogP) is 2.82. The third-order valence-corrected chi connectivity index (χ3v) is 2.82. The van der Waals surface area contributed by atoms with Gasteiger partial charge in [0.05, 0.1) is 6.04 Å². The van der Waals surface area contributed by atoms with Crippen LogP contribution in [-0.4, -0.2) is 12.6 Å². The van der Waals surface area contributed by atoms with Gasteiger partial charge in [-0.25, -0.2) is 0 Å². The summed E-state index contributed by atoms with van der Waals surface area (Å²) >= 11 is 0. The smallest absolute Gasteiger partial charge is 0.319 e. The van der Waals surface area contributed by atoms with Crippen LogP contribution in [0.4, 0.5) is 8.78 Å². The fourth-order valence-corrected chi connectivity index (χ4v) is 1.95. The maximum Gasteiger partial charge on any atom is 0.319 e. The first-order valence-electron chi connectivity index (χ1n) is 5.29. The first-order chi connectivity index (χ1) is 7.10. The Labute approximate surface area is 87.7 Å². The first kappa shape index (κ1) is 10.6. The molecule has 1 atom stereocenters. The molecule has 1 aliphatic heterocycles. The topological polar surface area (TPSA) is 25.2 Å². The van der Waals surface area contributed by atoms with Gasteiger partial charge in [0, 0.05) is 0 Å². The second-order valence-corrected chi connectivity index (χ2v) is 4.04. The van der Waals surface area contributed by atoms with Crippen molar-refractivity contribution in [1.82, 2.24) is 5.32 Å². The monoisotopic (exact) mass is 215 g/mol. The van der Waals surface area contributed by atoms with E-state index in [0.717, 1.165) is 12.8 Å². The SMILES string of the molecule is Cc1ccc(C(F)(F)C2CCCCN2)o1. The molecule has 0 radical (unpaired) electrons. The number of aryl methyl sites for hydroxylation is 1. The minimum absolute atomic E-state index is 0.223. The Balaban J connectivity index is 2.17. The zero-order valence-corrected chi connectivity index (χ0v) is 8.72. The quantitative estimate of drug-likeness (QED) is 0.820. The van der Waals surface area contributed by atoms with Crippen molar-refractivity contribution >= 4 is 0 Å². The molecule has 1 saturated heterocycles. The van der Waals surface area contributed by atoms with Gasteiger partial charge in [-0.05, 0) is 38.4 Å². The molecule has 84 valence electrons. The molecule has 4 heteroatoms. The highest BCUT2D eigenvalue weighted by Gasteiger charge is 2.44. The molecule has 0 spiro atoms. The number of alkyl halides is 2. The lowest BCUT2D eigenvalue weighted by atomic mass is 9.97. The standard InChI is InChI=1S/C11H15F2NO/c1-8-5-6-10(15-8)11(12,13)9-4-2-3-7-14-9/h5-6,9,14H,2-4,7H2,1H3. The molecule has 0 bridgehead atoms. The number of nitrogens with one attached hydrogen (secondary N) is 1. The van der Waals surface area contributed by atoms with Crippen LogP contribution in [0.2, 0.25) is 0 Å². The van der Waals surface area contributed by atoms with Gasteiger partial charge in [-0.1, -0.05) is 6.42 Å². The highest BCUT2D eigenvalue weighted by Crippen LogP contribution is 2.36. The molecule has 2 heterocycles. The summed E-state index contributed by atoms with van der Waals surface area (Å²) in [5.41, 5.74) is 0. The van der Waals surface area contributed by atoms with E-state index < -0.39 is 12.0 Å². The van der Waals surface area contributed by atoms with Crippen molar-refractivity contribution in [2.75, 3.05) is 6.54 Å². The van der Waals surface area contributed by atoms with Crippen molar-refractivity contribution in [3.63, 3.8) is 0 Å².